The average Bonchev–Trinajstić information content (AvgIpc) is 2.41. The van der Waals surface area contributed by atoms with Crippen LogP contribution in [-0.4, -0.2) is 18.1 Å². The van der Waals surface area contributed by atoms with Crippen molar-refractivity contribution in [2.24, 2.45) is 5.73 Å². The van der Waals surface area contributed by atoms with E-state index in [-0.39, 0.29) is 0 Å². The molecule has 0 saturated heterocycles. The fourth-order valence-electron chi connectivity index (χ4n) is 0.874. The molecule has 0 atom stereocenters. The second kappa shape index (κ2) is 4.99. The second-order valence-electron chi connectivity index (χ2n) is 2.75. The lowest BCUT2D eigenvalue weighted by molar-refractivity contribution is 1.19. The number of rotatable bonds is 4. The van der Waals surface area contributed by atoms with Gasteiger partial charge in [0.15, 0.2) is 5.13 Å². The van der Waals surface area contributed by atoms with Gasteiger partial charge in [0.25, 0.3) is 0 Å². The maximum atomic E-state index is 5.31. The van der Waals surface area contributed by atoms with Crippen LogP contribution in [0.15, 0.2) is 12.2 Å². The van der Waals surface area contributed by atoms with Crippen LogP contribution in [0.4, 0.5) is 5.13 Å². The standard InChI is InChI=1S/C9H15N3S/c1-7-8(2)13-9(12-7)11-6-4-3-5-10/h3-4H,5-6,10H2,1-2H3,(H,11,12)/b4-3+. The highest BCUT2D eigenvalue weighted by Gasteiger charge is 2.00. The third-order valence-electron chi connectivity index (χ3n) is 1.70. The molecule has 1 rings (SSSR count). The first kappa shape index (κ1) is 10.2. The number of anilines is 1. The minimum atomic E-state index is 0.595. The highest BCUT2D eigenvalue weighted by Crippen LogP contribution is 2.20. The first-order valence-electron chi connectivity index (χ1n) is 4.27. The number of aryl methyl sites for hydroxylation is 2. The van der Waals surface area contributed by atoms with Gasteiger partial charge in [-0.1, -0.05) is 12.2 Å². The highest BCUT2D eigenvalue weighted by atomic mass is 32.1. The van der Waals surface area contributed by atoms with E-state index in [2.05, 4.69) is 17.2 Å². The minimum absolute atomic E-state index is 0.595. The van der Waals surface area contributed by atoms with Gasteiger partial charge in [-0.05, 0) is 13.8 Å². The van der Waals surface area contributed by atoms with E-state index < -0.39 is 0 Å². The molecule has 0 spiro atoms. The fraction of sp³-hybridized carbons (Fsp3) is 0.444. The number of aromatic nitrogens is 1. The summed E-state index contributed by atoms with van der Waals surface area (Å²) >= 11 is 1.69. The first-order valence-corrected chi connectivity index (χ1v) is 5.08. The Kier molecular flexibility index (Phi) is 3.92. The Morgan fingerprint density at radius 2 is 2.23 bits per heavy atom. The lowest BCUT2D eigenvalue weighted by Crippen LogP contribution is -1.99. The zero-order valence-electron chi connectivity index (χ0n) is 8.00. The Bertz CT molecular complexity index is 272. The van der Waals surface area contributed by atoms with E-state index in [1.807, 2.05) is 19.1 Å². The summed E-state index contributed by atoms with van der Waals surface area (Å²) < 4.78 is 0. The zero-order valence-corrected chi connectivity index (χ0v) is 8.82. The predicted molar refractivity (Wildman–Crippen MR) is 58.3 cm³/mol. The molecule has 0 fully saturated rings. The van der Waals surface area contributed by atoms with Crippen LogP contribution in [0.3, 0.4) is 0 Å². The Labute approximate surface area is 82.7 Å². The van der Waals surface area contributed by atoms with Gasteiger partial charge in [-0.25, -0.2) is 4.98 Å². The number of nitrogens with one attached hydrogen (secondary N) is 1. The number of thiazole rings is 1. The molecule has 72 valence electrons. The van der Waals surface area contributed by atoms with Crippen molar-refractivity contribution in [1.82, 2.24) is 4.98 Å². The maximum Gasteiger partial charge on any atom is 0.183 e. The lowest BCUT2D eigenvalue weighted by atomic mass is 10.4. The largest absolute Gasteiger partial charge is 0.358 e. The van der Waals surface area contributed by atoms with Crippen molar-refractivity contribution in [3.05, 3.63) is 22.7 Å². The van der Waals surface area contributed by atoms with E-state index in [1.54, 1.807) is 11.3 Å². The summed E-state index contributed by atoms with van der Waals surface area (Å²) in [5.74, 6) is 0. The number of nitrogens with two attached hydrogens (primary N) is 1. The summed E-state index contributed by atoms with van der Waals surface area (Å²) in [6.45, 7) is 5.49. The summed E-state index contributed by atoms with van der Waals surface area (Å²) in [7, 11) is 0. The van der Waals surface area contributed by atoms with Gasteiger partial charge in [0.2, 0.25) is 0 Å². The van der Waals surface area contributed by atoms with E-state index in [1.165, 1.54) is 4.88 Å². The molecular formula is C9H15N3S. The van der Waals surface area contributed by atoms with Gasteiger partial charge in [-0.2, -0.15) is 0 Å². The maximum absolute atomic E-state index is 5.31. The van der Waals surface area contributed by atoms with Crippen LogP contribution >= 0.6 is 11.3 Å². The SMILES string of the molecule is Cc1nc(NC/C=C/CN)sc1C. The monoisotopic (exact) mass is 197 g/mol. The third-order valence-corrected chi connectivity index (χ3v) is 2.73. The molecule has 0 bridgehead atoms. The molecule has 3 N–H and O–H groups in total. The van der Waals surface area contributed by atoms with E-state index >= 15 is 0 Å². The molecule has 4 heteroatoms. The van der Waals surface area contributed by atoms with Crippen molar-refractivity contribution in [3.8, 4) is 0 Å². The summed E-state index contributed by atoms with van der Waals surface area (Å²) in [4.78, 5) is 5.62. The van der Waals surface area contributed by atoms with Gasteiger partial charge in [0, 0.05) is 18.0 Å². The van der Waals surface area contributed by atoms with Gasteiger partial charge >= 0.3 is 0 Å². The molecule has 13 heavy (non-hydrogen) atoms. The van der Waals surface area contributed by atoms with E-state index in [0.717, 1.165) is 17.4 Å². The van der Waals surface area contributed by atoms with E-state index in [9.17, 15) is 0 Å². The second-order valence-corrected chi connectivity index (χ2v) is 3.95. The summed E-state index contributed by atoms with van der Waals surface area (Å²) in [6.07, 6.45) is 3.94. The van der Waals surface area contributed by atoms with Crippen LogP contribution in [0.5, 0.6) is 0 Å². The molecule has 0 aromatic carbocycles. The van der Waals surface area contributed by atoms with Crippen LogP contribution in [0.25, 0.3) is 0 Å². The zero-order chi connectivity index (χ0) is 9.68. The summed E-state index contributed by atoms with van der Waals surface area (Å²) in [6, 6.07) is 0. The molecule has 3 nitrogen and oxygen atoms in total. The van der Waals surface area contributed by atoms with Gasteiger partial charge in [0.05, 0.1) is 5.69 Å². The molecule has 0 aliphatic carbocycles. The van der Waals surface area contributed by atoms with Gasteiger partial charge in [-0.15, -0.1) is 11.3 Å². The molecule has 0 saturated carbocycles. The van der Waals surface area contributed by atoms with Gasteiger partial charge in [-0.3, -0.25) is 0 Å². The minimum Gasteiger partial charge on any atom is -0.358 e. The molecule has 1 aromatic heterocycles. The van der Waals surface area contributed by atoms with E-state index in [0.29, 0.717) is 6.54 Å². The summed E-state index contributed by atoms with van der Waals surface area (Å²) in [5, 5.41) is 4.19. The lowest BCUT2D eigenvalue weighted by Gasteiger charge is -1.95. The van der Waals surface area contributed by atoms with Crippen molar-refractivity contribution < 1.29 is 0 Å². The van der Waals surface area contributed by atoms with Crippen LogP contribution in [0.1, 0.15) is 10.6 Å². The average molecular weight is 197 g/mol. The van der Waals surface area contributed by atoms with Gasteiger partial charge in [0.1, 0.15) is 0 Å². The predicted octanol–water partition coefficient (Wildman–Crippen LogP) is 1.69. The van der Waals surface area contributed by atoms with Crippen LogP contribution in [0.2, 0.25) is 0 Å². The molecular weight excluding hydrogens is 182 g/mol. The van der Waals surface area contributed by atoms with Crippen molar-refractivity contribution in [1.29, 1.82) is 0 Å². The Balaban J connectivity index is 2.41. The fourth-order valence-corrected chi connectivity index (χ4v) is 1.70. The number of hydrogen-bond acceptors (Lipinski definition) is 4. The topological polar surface area (TPSA) is 50.9 Å². The molecule has 0 aliphatic rings. The van der Waals surface area contributed by atoms with Crippen molar-refractivity contribution in [2.45, 2.75) is 13.8 Å². The number of hydrogen-bond donors (Lipinski definition) is 2. The van der Waals surface area contributed by atoms with Crippen molar-refractivity contribution in [3.63, 3.8) is 0 Å². The van der Waals surface area contributed by atoms with Crippen LogP contribution in [-0.2, 0) is 0 Å². The quantitative estimate of drug-likeness (QED) is 0.722. The van der Waals surface area contributed by atoms with Gasteiger partial charge < -0.3 is 11.1 Å². The van der Waals surface area contributed by atoms with E-state index in [4.69, 9.17) is 5.73 Å². The molecule has 0 radical (unpaired) electrons. The Morgan fingerprint density at radius 3 is 2.77 bits per heavy atom. The third kappa shape index (κ3) is 3.16. The Morgan fingerprint density at radius 1 is 1.46 bits per heavy atom. The highest BCUT2D eigenvalue weighted by molar-refractivity contribution is 7.15. The molecule has 0 aliphatic heterocycles. The number of nitrogens with zero attached hydrogens (tertiary/aromatic N) is 1. The molecule has 1 heterocycles. The normalized spacial score (nSPS) is 11.0. The van der Waals surface area contributed by atoms with Crippen LogP contribution < -0.4 is 11.1 Å². The molecule has 1 aromatic rings. The van der Waals surface area contributed by atoms with Crippen LogP contribution in [0, 0.1) is 13.8 Å². The molecule has 0 unspecified atom stereocenters. The van der Waals surface area contributed by atoms with Crippen molar-refractivity contribution in [2.75, 3.05) is 18.4 Å². The van der Waals surface area contributed by atoms with Crippen molar-refractivity contribution >= 4 is 16.5 Å². The summed E-state index contributed by atoms with van der Waals surface area (Å²) in [5.41, 5.74) is 6.42. The first-order chi connectivity index (χ1) is 6.24. The Hall–Kier alpha value is -0.870. The molecule has 0 amide bonds. The smallest absolute Gasteiger partial charge is 0.183 e.